The van der Waals surface area contributed by atoms with Crippen molar-refractivity contribution in [2.24, 2.45) is 0 Å². The van der Waals surface area contributed by atoms with Gasteiger partial charge in [-0.25, -0.2) is 0 Å². The molecule has 1 heterocycles. The molecule has 2 heteroatoms. The summed E-state index contributed by atoms with van der Waals surface area (Å²) < 4.78 is 0. The zero-order chi connectivity index (χ0) is 11.8. The summed E-state index contributed by atoms with van der Waals surface area (Å²) in [6, 6.07) is 6.58. The van der Waals surface area contributed by atoms with E-state index in [1.807, 2.05) is 7.05 Å². The maximum Gasteiger partial charge on any atom is 0.0708 e. The number of rotatable bonds is 2. The van der Waals surface area contributed by atoms with Gasteiger partial charge in [0.05, 0.1) is 5.52 Å². The molecule has 2 aromatic rings. The van der Waals surface area contributed by atoms with Crippen LogP contribution in [-0.2, 0) is 19.4 Å². The smallest absolute Gasteiger partial charge is 0.0708 e. The van der Waals surface area contributed by atoms with Crippen molar-refractivity contribution in [2.75, 3.05) is 7.05 Å². The highest BCUT2D eigenvalue weighted by atomic mass is 14.8. The highest BCUT2D eigenvalue weighted by molar-refractivity contribution is 5.84. The molecule has 17 heavy (non-hydrogen) atoms. The largest absolute Gasteiger partial charge is 0.316 e. The summed E-state index contributed by atoms with van der Waals surface area (Å²) in [5.74, 6) is 0. The summed E-state index contributed by atoms with van der Waals surface area (Å²) in [5, 5.41) is 4.63. The molecule has 0 atom stereocenters. The van der Waals surface area contributed by atoms with Gasteiger partial charge in [0, 0.05) is 17.6 Å². The van der Waals surface area contributed by atoms with Gasteiger partial charge in [0.1, 0.15) is 0 Å². The Morgan fingerprint density at radius 1 is 1.29 bits per heavy atom. The van der Waals surface area contributed by atoms with Gasteiger partial charge in [-0.15, -0.1) is 0 Å². The summed E-state index contributed by atoms with van der Waals surface area (Å²) in [4.78, 5) is 4.81. The SMILES string of the molecule is CNCc1c2c(nc3ccc(C)cc13)CCC2. The summed E-state index contributed by atoms with van der Waals surface area (Å²) >= 11 is 0. The van der Waals surface area contributed by atoms with Crippen LogP contribution in [0.5, 0.6) is 0 Å². The Labute approximate surface area is 102 Å². The molecule has 0 radical (unpaired) electrons. The average molecular weight is 226 g/mol. The number of benzene rings is 1. The first-order valence-electron chi connectivity index (χ1n) is 6.35. The second-order valence-corrected chi connectivity index (χ2v) is 4.92. The van der Waals surface area contributed by atoms with E-state index in [-0.39, 0.29) is 0 Å². The zero-order valence-corrected chi connectivity index (χ0v) is 10.5. The number of aromatic nitrogens is 1. The van der Waals surface area contributed by atoms with Crippen LogP contribution >= 0.6 is 0 Å². The molecule has 3 rings (SSSR count). The average Bonchev–Trinajstić information content (AvgIpc) is 2.77. The Kier molecular flexibility index (Phi) is 2.60. The Morgan fingerprint density at radius 2 is 2.18 bits per heavy atom. The molecular weight excluding hydrogens is 208 g/mol. The van der Waals surface area contributed by atoms with E-state index in [1.54, 1.807) is 0 Å². The minimum absolute atomic E-state index is 0.949. The van der Waals surface area contributed by atoms with E-state index >= 15 is 0 Å². The van der Waals surface area contributed by atoms with Crippen molar-refractivity contribution in [3.8, 4) is 0 Å². The van der Waals surface area contributed by atoms with E-state index in [9.17, 15) is 0 Å². The van der Waals surface area contributed by atoms with Crippen molar-refractivity contribution in [1.29, 1.82) is 0 Å². The Morgan fingerprint density at radius 3 is 3.00 bits per heavy atom. The molecule has 88 valence electrons. The van der Waals surface area contributed by atoms with Gasteiger partial charge in [-0.05, 0) is 56.5 Å². The number of pyridine rings is 1. The van der Waals surface area contributed by atoms with Crippen LogP contribution in [0.2, 0.25) is 0 Å². The van der Waals surface area contributed by atoms with Crippen molar-refractivity contribution in [2.45, 2.75) is 32.7 Å². The molecule has 2 nitrogen and oxygen atoms in total. The third kappa shape index (κ3) is 1.73. The summed E-state index contributed by atoms with van der Waals surface area (Å²) in [6.07, 6.45) is 3.60. The quantitative estimate of drug-likeness (QED) is 0.851. The standard InChI is InChI=1S/C15H18N2/c1-10-6-7-15-12(8-10)13(9-16-2)11-4-3-5-14(11)17-15/h6-8,16H,3-5,9H2,1-2H3. The van der Waals surface area contributed by atoms with Crippen LogP contribution in [0.25, 0.3) is 10.9 Å². The van der Waals surface area contributed by atoms with E-state index in [0.29, 0.717) is 0 Å². The van der Waals surface area contributed by atoms with E-state index < -0.39 is 0 Å². The molecule has 1 aliphatic rings. The van der Waals surface area contributed by atoms with Crippen LogP contribution in [0, 0.1) is 6.92 Å². The number of aryl methyl sites for hydroxylation is 2. The Balaban J connectivity index is 2.32. The maximum absolute atomic E-state index is 4.81. The minimum atomic E-state index is 0.949. The lowest BCUT2D eigenvalue weighted by atomic mass is 10.00. The van der Waals surface area contributed by atoms with E-state index in [1.165, 1.54) is 40.6 Å². The molecule has 0 aliphatic heterocycles. The predicted octanol–water partition coefficient (Wildman–Crippen LogP) is 2.75. The first-order chi connectivity index (χ1) is 8.29. The molecule has 1 aromatic carbocycles. The van der Waals surface area contributed by atoms with Gasteiger partial charge in [0.2, 0.25) is 0 Å². The molecule has 0 unspecified atom stereocenters. The van der Waals surface area contributed by atoms with Gasteiger partial charge >= 0.3 is 0 Å². The fourth-order valence-electron chi connectivity index (χ4n) is 2.85. The lowest BCUT2D eigenvalue weighted by Crippen LogP contribution is -2.09. The normalized spacial score (nSPS) is 14.2. The first-order valence-corrected chi connectivity index (χ1v) is 6.35. The van der Waals surface area contributed by atoms with Crippen molar-refractivity contribution in [3.63, 3.8) is 0 Å². The number of nitrogens with zero attached hydrogens (tertiary/aromatic N) is 1. The first kappa shape index (κ1) is 10.7. The number of fused-ring (bicyclic) bond motifs is 2. The summed E-state index contributed by atoms with van der Waals surface area (Å²) in [7, 11) is 2.02. The third-order valence-corrected chi connectivity index (χ3v) is 3.64. The van der Waals surface area contributed by atoms with Gasteiger partial charge in [-0.3, -0.25) is 4.98 Å². The highest BCUT2D eigenvalue weighted by Crippen LogP contribution is 2.30. The monoisotopic (exact) mass is 226 g/mol. The fraction of sp³-hybridized carbons (Fsp3) is 0.400. The highest BCUT2D eigenvalue weighted by Gasteiger charge is 2.18. The molecule has 0 spiro atoms. The van der Waals surface area contributed by atoms with Crippen LogP contribution in [0.3, 0.4) is 0 Å². The van der Waals surface area contributed by atoms with Gasteiger partial charge in [-0.1, -0.05) is 11.6 Å². The topological polar surface area (TPSA) is 24.9 Å². The molecule has 0 saturated heterocycles. The van der Waals surface area contributed by atoms with E-state index in [0.717, 1.165) is 18.5 Å². The third-order valence-electron chi connectivity index (χ3n) is 3.64. The van der Waals surface area contributed by atoms with Crippen LogP contribution in [0.15, 0.2) is 18.2 Å². The van der Waals surface area contributed by atoms with Gasteiger partial charge in [0.15, 0.2) is 0 Å². The number of hydrogen-bond acceptors (Lipinski definition) is 2. The van der Waals surface area contributed by atoms with Crippen LogP contribution < -0.4 is 5.32 Å². The summed E-state index contributed by atoms with van der Waals surface area (Å²) in [5.41, 5.74) is 6.76. The molecule has 0 bridgehead atoms. The fourth-order valence-corrected chi connectivity index (χ4v) is 2.85. The lowest BCUT2D eigenvalue weighted by molar-refractivity contribution is 0.809. The zero-order valence-electron chi connectivity index (χ0n) is 10.5. The second kappa shape index (κ2) is 4.11. The van der Waals surface area contributed by atoms with Crippen molar-refractivity contribution >= 4 is 10.9 Å². The predicted molar refractivity (Wildman–Crippen MR) is 71.3 cm³/mol. The van der Waals surface area contributed by atoms with Crippen LogP contribution in [0.4, 0.5) is 0 Å². The molecule has 0 amide bonds. The van der Waals surface area contributed by atoms with Crippen molar-refractivity contribution in [3.05, 3.63) is 40.6 Å². The lowest BCUT2D eigenvalue weighted by Gasteiger charge is -2.12. The van der Waals surface area contributed by atoms with Gasteiger partial charge in [0.25, 0.3) is 0 Å². The van der Waals surface area contributed by atoms with Gasteiger partial charge in [-0.2, -0.15) is 0 Å². The van der Waals surface area contributed by atoms with E-state index in [2.05, 4.69) is 30.4 Å². The molecule has 0 saturated carbocycles. The number of nitrogens with one attached hydrogen (secondary N) is 1. The Bertz CT molecular complexity index is 573. The van der Waals surface area contributed by atoms with Crippen LogP contribution in [-0.4, -0.2) is 12.0 Å². The molecule has 1 aliphatic carbocycles. The molecular formula is C15H18N2. The maximum atomic E-state index is 4.81. The second-order valence-electron chi connectivity index (χ2n) is 4.92. The minimum Gasteiger partial charge on any atom is -0.316 e. The van der Waals surface area contributed by atoms with Crippen molar-refractivity contribution in [1.82, 2.24) is 10.3 Å². The molecule has 0 fully saturated rings. The number of hydrogen-bond donors (Lipinski definition) is 1. The Hall–Kier alpha value is -1.41. The molecule has 1 N–H and O–H groups in total. The summed E-state index contributed by atoms with van der Waals surface area (Å²) in [6.45, 7) is 3.10. The molecule has 1 aromatic heterocycles. The van der Waals surface area contributed by atoms with Crippen LogP contribution in [0.1, 0.15) is 28.8 Å². The van der Waals surface area contributed by atoms with Crippen molar-refractivity contribution < 1.29 is 0 Å². The van der Waals surface area contributed by atoms with Gasteiger partial charge < -0.3 is 5.32 Å². The van der Waals surface area contributed by atoms with E-state index in [4.69, 9.17) is 4.98 Å².